The Kier molecular flexibility index (Phi) is 1.48. The molecule has 0 aliphatic carbocycles. The van der Waals surface area contributed by atoms with Crippen molar-refractivity contribution in [1.29, 1.82) is 0 Å². The van der Waals surface area contributed by atoms with Gasteiger partial charge in [0.25, 0.3) is 0 Å². The van der Waals surface area contributed by atoms with Crippen LogP contribution in [0, 0.1) is 0 Å². The Bertz CT molecular complexity index is 408. The fraction of sp³-hybridized carbons (Fsp3) is 0.125. The van der Waals surface area contributed by atoms with Crippen LogP contribution in [0.1, 0.15) is 5.82 Å². The smallest absolute Gasteiger partial charge is 0.141 e. The van der Waals surface area contributed by atoms with Gasteiger partial charge in [-0.05, 0) is 12.1 Å². The lowest BCUT2D eigenvalue weighted by atomic mass is 10.4. The zero-order chi connectivity index (χ0) is 8.55. The molecule has 0 unspecified atom stereocenters. The molecule has 0 saturated heterocycles. The quantitative estimate of drug-likeness (QED) is 0.646. The fourth-order valence-corrected chi connectivity index (χ4v) is 1.18. The molecule has 0 aromatic carbocycles. The van der Waals surface area contributed by atoms with Crippen molar-refractivity contribution in [3.05, 3.63) is 30.4 Å². The van der Waals surface area contributed by atoms with E-state index in [0.717, 1.165) is 0 Å². The van der Waals surface area contributed by atoms with Crippen LogP contribution in [0.2, 0.25) is 0 Å². The van der Waals surface area contributed by atoms with Crippen LogP contribution in [0.4, 0.5) is 0 Å². The van der Waals surface area contributed by atoms with Crippen LogP contribution < -0.4 is 0 Å². The molecule has 0 saturated carbocycles. The van der Waals surface area contributed by atoms with Gasteiger partial charge in [-0.2, -0.15) is 0 Å². The molecular weight excluding hydrogens is 156 g/mol. The van der Waals surface area contributed by atoms with Gasteiger partial charge in [-0.25, -0.2) is 4.98 Å². The topological polar surface area (TPSA) is 57.8 Å². The van der Waals surface area contributed by atoms with E-state index in [1.165, 1.54) is 6.20 Å². The number of fused-ring (bicyclic) bond motifs is 1. The summed E-state index contributed by atoms with van der Waals surface area (Å²) in [5.41, 5.74) is 0.613. The van der Waals surface area contributed by atoms with Gasteiger partial charge in [0.2, 0.25) is 0 Å². The molecule has 0 spiro atoms. The Balaban J connectivity index is 2.80. The summed E-state index contributed by atoms with van der Waals surface area (Å²) >= 11 is 0. The Labute approximate surface area is 68.7 Å². The van der Waals surface area contributed by atoms with E-state index in [9.17, 15) is 5.11 Å². The number of imidazole rings is 1. The van der Waals surface area contributed by atoms with E-state index in [-0.39, 0.29) is 12.4 Å². The van der Waals surface area contributed by atoms with E-state index in [1.54, 1.807) is 22.7 Å². The number of nitrogens with zero attached hydrogens (tertiary/aromatic N) is 2. The lowest BCUT2D eigenvalue weighted by Crippen LogP contribution is -1.92. The zero-order valence-corrected chi connectivity index (χ0v) is 6.31. The standard InChI is InChI=1S/C8H8N2O2/c11-5-8-9-4-6-7(12)2-1-3-10(6)8/h1-4,11-12H,5H2. The van der Waals surface area contributed by atoms with Gasteiger partial charge in [0.15, 0.2) is 0 Å². The van der Waals surface area contributed by atoms with Gasteiger partial charge in [-0.1, -0.05) is 0 Å². The van der Waals surface area contributed by atoms with E-state index in [2.05, 4.69) is 4.98 Å². The monoisotopic (exact) mass is 164 g/mol. The van der Waals surface area contributed by atoms with Gasteiger partial charge in [0, 0.05) is 6.20 Å². The normalized spacial score (nSPS) is 10.8. The van der Waals surface area contributed by atoms with Gasteiger partial charge >= 0.3 is 0 Å². The fourth-order valence-electron chi connectivity index (χ4n) is 1.18. The highest BCUT2D eigenvalue weighted by Gasteiger charge is 2.03. The summed E-state index contributed by atoms with van der Waals surface area (Å²) < 4.78 is 1.65. The SMILES string of the molecule is OCc1ncc2c(O)cccn12. The van der Waals surface area contributed by atoms with Crippen molar-refractivity contribution in [3.63, 3.8) is 0 Å². The van der Waals surface area contributed by atoms with Crippen molar-refractivity contribution in [2.45, 2.75) is 6.61 Å². The van der Waals surface area contributed by atoms with Crippen LogP contribution in [-0.2, 0) is 6.61 Å². The zero-order valence-electron chi connectivity index (χ0n) is 6.31. The van der Waals surface area contributed by atoms with Crippen LogP contribution in [-0.4, -0.2) is 19.6 Å². The molecule has 0 amide bonds. The van der Waals surface area contributed by atoms with Gasteiger partial charge < -0.3 is 10.2 Å². The molecule has 4 nitrogen and oxygen atoms in total. The molecule has 0 bridgehead atoms. The molecule has 0 aliphatic heterocycles. The second kappa shape index (κ2) is 2.49. The number of aliphatic hydroxyl groups is 1. The Morgan fingerprint density at radius 2 is 2.33 bits per heavy atom. The van der Waals surface area contributed by atoms with Crippen LogP contribution in [0.3, 0.4) is 0 Å². The minimum absolute atomic E-state index is 0.127. The maximum absolute atomic E-state index is 9.34. The Morgan fingerprint density at radius 3 is 3.08 bits per heavy atom. The second-order valence-electron chi connectivity index (χ2n) is 2.48. The van der Waals surface area contributed by atoms with Crippen molar-refractivity contribution in [1.82, 2.24) is 9.38 Å². The predicted octanol–water partition coefficient (Wildman–Crippen LogP) is 0.532. The third kappa shape index (κ3) is 0.853. The molecule has 12 heavy (non-hydrogen) atoms. The largest absolute Gasteiger partial charge is 0.506 e. The molecule has 0 atom stereocenters. The molecular formula is C8H8N2O2. The first-order valence-electron chi connectivity index (χ1n) is 3.57. The van der Waals surface area contributed by atoms with Crippen molar-refractivity contribution >= 4 is 5.52 Å². The third-order valence-electron chi connectivity index (χ3n) is 1.77. The van der Waals surface area contributed by atoms with Crippen molar-refractivity contribution < 1.29 is 10.2 Å². The second-order valence-corrected chi connectivity index (χ2v) is 2.48. The lowest BCUT2D eigenvalue weighted by Gasteiger charge is -1.97. The minimum atomic E-state index is -0.127. The maximum atomic E-state index is 9.34. The van der Waals surface area contributed by atoms with Crippen LogP contribution in [0.5, 0.6) is 5.75 Å². The molecule has 0 aliphatic rings. The van der Waals surface area contributed by atoms with Crippen LogP contribution in [0.15, 0.2) is 24.5 Å². The average molecular weight is 164 g/mol. The number of aromatic nitrogens is 2. The molecule has 62 valence electrons. The number of rotatable bonds is 1. The minimum Gasteiger partial charge on any atom is -0.506 e. The average Bonchev–Trinajstić information content (AvgIpc) is 2.49. The highest BCUT2D eigenvalue weighted by atomic mass is 16.3. The summed E-state index contributed by atoms with van der Waals surface area (Å²) in [6.45, 7) is -0.127. The first kappa shape index (κ1) is 7.12. The molecule has 2 aromatic heterocycles. The van der Waals surface area contributed by atoms with E-state index in [0.29, 0.717) is 11.3 Å². The molecule has 2 rings (SSSR count). The summed E-state index contributed by atoms with van der Waals surface area (Å²) in [5.74, 6) is 0.700. The lowest BCUT2D eigenvalue weighted by molar-refractivity contribution is 0.270. The Hall–Kier alpha value is -1.55. The van der Waals surface area contributed by atoms with Crippen molar-refractivity contribution in [3.8, 4) is 5.75 Å². The van der Waals surface area contributed by atoms with E-state index >= 15 is 0 Å². The van der Waals surface area contributed by atoms with Gasteiger partial charge in [0.1, 0.15) is 23.7 Å². The summed E-state index contributed by atoms with van der Waals surface area (Å²) in [6, 6.07) is 3.28. The highest BCUT2D eigenvalue weighted by Crippen LogP contribution is 2.17. The van der Waals surface area contributed by atoms with Gasteiger partial charge in [-0.15, -0.1) is 0 Å². The molecule has 2 aromatic rings. The molecule has 2 heterocycles. The van der Waals surface area contributed by atoms with Gasteiger partial charge in [-0.3, -0.25) is 4.40 Å². The molecule has 0 radical (unpaired) electrons. The first-order chi connectivity index (χ1) is 5.83. The molecule has 2 N–H and O–H groups in total. The van der Waals surface area contributed by atoms with Crippen LogP contribution >= 0.6 is 0 Å². The molecule has 4 heteroatoms. The first-order valence-corrected chi connectivity index (χ1v) is 3.57. The van der Waals surface area contributed by atoms with E-state index < -0.39 is 0 Å². The number of aliphatic hydroxyl groups excluding tert-OH is 1. The van der Waals surface area contributed by atoms with Crippen molar-refractivity contribution in [2.24, 2.45) is 0 Å². The van der Waals surface area contributed by atoms with E-state index in [1.807, 2.05) is 0 Å². The van der Waals surface area contributed by atoms with Crippen molar-refractivity contribution in [2.75, 3.05) is 0 Å². The van der Waals surface area contributed by atoms with Crippen LogP contribution in [0.25, 0.3) is 5.52 Å². The third-order valence-corrected chi connectivity index (χ3v) is 1.77. The van der Waals surface area contributed by atoms with E-state index in [4.69, 9.17) is 5.11 Å². The Morgan fingerprint density at radius 1 is 1.50 bits per heavy atom. The highest BCUT2D eigenvalue weighted by molar-refractivity contribution is 5.58. The summed E-state index contributed by atoms with van der Waals surface area (Å²) in [5, 5.41) is 18.2. The summed E-state index contributed by atoms with van der Waals surface area (Å²) in [6.07, 6.45) is 3.27. The summed E-state index contributed by atoms with van der Waals surface area (Å²) in [4.78, 5) is 3.93. The number of pyridine rings is 1. The predicted molar refractivity (Wildman–Crippen MR) is 42.8 cm³/mol. The molecule has 0 fully saturated rings. The number of aromatic hydroxyl groups is 1. The number of hydrogen-bond donors (Lipinski definition) is 2. The maximum Gasteiger partial charge on any atom is 0.141 e. The summed E-state index contributed by atoms with van der Waals surface area (Å²) in [7, 11) is 0. The van der Waals surface area contributed by atoms with Gasteiger partial charge in [0.05, 0.1) is 6.20 Å². The number of hydrogen-bond acceptors (Lipinski definition) is 3.